The highest BCUT2D eigenvalue weighted by Crippen LogP contribution is 2.20. The fourth-order valence-electron chi connectivity index (χ4n) is 1.86. The van der Waals surface area contributed by atoms with Crippen molar-refractivity contribution in [2.24, 2.45) is 0 Å². The number of pyridine rings is 1. The van der Waals surface area contributed by atoms with Gasteiger partial charge in [0.05, 0.1) is 5.56 Å². The van der Waals surface area contributed by atoms with Crippen LogP contribution in [-0.4, -0.2) is 11.1 Å². The smallest absolute Gasteiger partial charge is 0.335 e. The number of aromatic carboxylic acids is 1. The first-order valence-electron chi connectivity index (χ1n) is 5.53. The highest BCUT2D eigenvalue weighted by atomic mass is 16.5. The molecule has 0 fully saturated rings. The molecule has 0 aliphatic heterocycles. The number of rotatable bonds is 2. The zero-order valence-electron chi connectivity index (χ0n) is 10.2. The summed E-state index contributed by atoms with van der Waals surface area (Å²) in [6, 6.07) is 10.2. The van der Waals surface area contributed by atoms with Gasteiger partial charge >= 0.3 is 5.97 Å². The molecule has 0 saturated carbocycles. The van der Waals surface area contributed by atoms with Crippen molar-refractivity contribution in [1.29, 1.82) is 0 Å². The van der Waals surface area contributed by atoms with Crippen LogP contribution in [0, 0.1) is 19.1 Å². The standard InChI is InChI=1S/C14H13NO3/c1-9-7-13(8-10(2)15(9)18)11-3-5-12(6-4-11)14(16)17/h3-8H,1-2H3,(H,16,17). The number of carboxylic acids is 1. The molecule has 1 N–H and O–H groups in total. The SMILES string of the molecule is Cc1cc(-c2ccc(C(=O)O)cc2)cc(C)[n+]1[O-]. The summed E-state index contributed by atoms with van der Waals surface area (Å²) in [6.07, 6.45) is 0. The number of carbonyl (C=O) groups is 1. The Hall–Kier alpha value is -2.36. The van der Waals surface area contributed by atoms with Gasteiger partial charge in [0.25, 0.3) is 0 Å². The fourth-order valence-corrected chi connectivity index (χ4v) is 1.86. The molecule has 92 valence electrons. The summed E-state index contributed by atoms with van der Waals surface area (Å²) in [5, 5.41) is 20.4. The molecule has 0 unspecified atom stereocenters. The van der Waals surface area contributed by atoms with Crippen LogP contribution in [0.15, 0.2) is 36.4 Å². The van der Waals surface area contributed by atoms with Crippen LogP contribution in [0.3, 0.4) is 0 Å². The molecular formula is C14H13NO3. The van der Waals surface area contributed by atoms with Crippen molar-refractivity contribution in [1.82, 2.24) is 0 Å². The van der Waals surface area contributed by atoms with E-state index in [1.54, 1.807) is 50.2 Å². The molecule has 1 aromatic heterocycles. The van der Waals surface area contributed by atoms with Crippen molar-refractivity contribution in [3.8, 4) is 11.1 Å². The van der Waals surface area contributed by atoms with E-state index >= 15 is 0 Å². The third kappa shape index (κ3) is 2.18. The Morgan fingerprint density at radius 3 is 2.00 bits per heavy atom. The van der Waals surface area contributed by atoms with Crippen molar-refractivity contribution in [2.75, 3.05) is 0 Å². The van der Waals surface area contributed by atoms with Crippen molar-refractivity contribution >= 4 is 5.97 Å². The molecule has 18 heavy (non-hydrogen) atoms. The molecule has 2 aromatic rings. The summed E-state index contributed by atoms with van der Waals surface area (Å²) in [5.74, 6) is -0.945. The average Bonchev–Trinajstić information content (AvgIpc) is 2.35. The van der Waals surface area contributed by atoms with Crippen LogP contribution >= 0.6 is 0 Å². The molecule has 0 saturated heterocycles. The second-order valence-electron chi connectivity index (χ2n) is 4.20. The molecule has 0 atom stereocenters. The van der Waals surface area contributed by atoms with Gasteiger partial charge in [0.1, 0.15) is 0 Å². The molecule has 0 spiro atoms. The van der Waals surface area contributed by atoms with Crippen molar-refractivity contribution in [2.45, 2.75) is 13.8 Å². The number of carboxylic acid groups (broad SMARTS) is 1. The van der Waals surface area contributed by atoms with Gasteiger partial charge in [-0.15, -0.1) is 0 Å². The predicted molar refractivity (Wildman–Crippen MR) is 67.3 cm³/mol. The lowest BCUT2D eigenvalue weighted by Gasteiger charge is -2.07. The number of hydrogen-bond donors (Lipinski definition) is 1. The van der Waals surface area contributed by atoms with Crippen LogP contribution < -0.4 is 4.73 Å². The topological polar surface area (TPSA) is 64.2 Å². The molecule has 0 aliphatic rings. The molecule has 1 heterocycles. The Kier molecular flexibility index (Phi) is 3.02. The molecule has 0 radical (unpaired) electrons. The van der Waals surface area contributed by atoms with E-state index in [4.69, 9.17) is 5.11 Å². The Morgan fingerprint density at radius 1 is 1.06 bits per heavy atom. The Labute approximate surface area is 105 Å². The second-order valence-corrected chi connectivity index (χ2v) is 4.20. The van der Waals surface area contributed by atoms with Crippen LogP contribution in [0.5, 0.6) is 0 Å². The minimum atomic E-state index is -0.945. The van der Waals surface area contributed by atoms with Gasteiger partial charge in [0, 0.05) is 26.0 Å². The molecule has 0 amide bonds. The van der Waals surface area contributed by atoms with E-state index in [2.05, 4.69) is 0 Å². The van der Waals surface area contributed by atoms with Gasteiger partial charge in [-0.2, -0.15) is 4.73 Å². The Balaban J connectivity index is 2.46. The monoisotopic (exact) mass is 243 g/mol. The number of nitrogens with zero attached hydrogens (tertiary/aromatic N) is 1. The lowest BCUT2D eigenvalue weighted by Crippen LogP contribution is -2.33. The van der Waals surface area contributed by atoms with E-state index < -0.39 is 5.97 Å². The van der Waals surface area contributed by atoms with Gasteiger partial charge in [-0.3, -0.25) is 0 Å². The summed E-state index contributed by atoms with van der Waals surface area (Å²) in [4.78, 5) is 10.8. The number of hydrogen-bond acceptors (Lipinski definition) is 2. The summed E-state index contributed by atoms with van der Waals surface area (Å²) < 4.78 is 0.870. The largest absolute Gasteiger partial charge is 0.618 e. The molecule has 2 rings (SSSR count). The second kappa shape index (κ2) is 4.49. The van der Waals surface area contributed by atoms with Crippen LogP contribution in [-0.2, 0) is 0 Å². The highest BCUT2D eigenvalue weighted by Gasteiger charge is 2.09. The van der Waals surface area contributed by atoms with E-state index in [1.165, 1.54) is 0 Å². The van der Waals surface area contributed by atoms with E-state index in [1.807, 2.05) is 0 Å². The molecule has 1 aromatic carbocycles. The minimum absolute atomic E-state index is 0.252. The maximum atomic E-state index is 11.5. The summed E-state index contributed by atoms with van der Waals surface area (Å²) in [7, 11) is 0. The van der Waals surface area contributed by atoms with Crippen molar-refractivity contribution in [3.63, 3.8) is 0 Å². The third-order valence-corrected chi connectivity index (χ3v) is 2.83. The number of benzene rings is 1. The average molecular weight is 243 g/mol. The van der Waals surface area contributed by atoms with Gasteiger partial charge in [-0.05, 0) is 23.3 Å². The van der Waals surface area contributed by atoms with Crippen molar-refractivity contribution in [3.05, 3.63) is 58.6 Å². The number of aryl methyl sites for hydroxylation is 2. The van der Waals surface area contributed by atoms with Crippen molar-refractivity contribution < 1.29 is 14.6 Å². The molecule has 4 nitrogen and oxygen atoms in total. The zero-order valence-corrected chi connectivity index (χ0v) is 10.2. The normalized spacial score (nSPS) is 10.3. The first-order chi connectivity index (χ1) is 8.49. The maximum Gasteiger partial charge on any atom is 0.335 e. The van der Waals surface area contributed by atoms with Gasteiger partial charge < -0.3 is 10.3 Å². The van der Waals surface area contributed by atoms with E-state index in [0.717, 1.165) is 15.9 Å². The fraction of sp³-hybridized carbons (Fsp3) is 0.143. The van der Waals surface area contributed by atoms with Gasteiger partial charge in [-0.25, -0.2) is 4.79 Å². The van der Waals surface area contributed by atoms with Crippen LogP contribution in [0.25, 0.3) is 11.1 Å². The predicted octanol–water partition coefficient (Wildman–Crippen LogP) is 2.30. The van der Waals surface area contributed by atoms with Gasteiger partial charge in [0.15, 0.2) is 11.4 Å². The number of aromatic nitrogens is 1. The van der Waals surface area contributed by atoms with Gasteiger partial charge in [-0.1, -0.05) is 12.1 Å². The van der Waals surface area contributed by atoms with Crippen LogP contribution in [0.2, 0.25) is 0 Å². The molecule has 0 bridgehead atoms. The Morgan fingerprint density at radius 2 is 1.56 bits per heavy atom. The van der Waals surface area contributed by atoms with E-state index in [-0.39, 0.29) is 5.56 Å². The summed E-state index contributed by atoms with van der Waals surface area (Å²) in [6.45, 7) is 3.49. The van der Waals surface area contributed by atoms with E-state index in [0.29, 0.717) is 11.4 Å². The van der Waals surface area contributed by atoms with E-state index in [9.17, 15) is 10.0 Å². The van der Waals surface area contributed by atoms with Crippen LogP contribution in [0.1, 0.15) is 21.7 Å². The Bertz CT molecular complexity index is 580. The first kappa shape index (κ1) is 12.1. The molecule has 4 heteroatoms. The maximum absolute atomic E-state index is 11.5. The quantitative estimate of drug-likeness (QED) is 0.650. The summed E-state index contributed by atoms with van der Waals surface area (Å²) >= 11 is 0. The minimum Gasteiger partial charge on any atom is -0.618 e. The zero-order chi connectivity index (χ0) is 13.3. The first-order valence-corrected chi connectivity index (χ1v) is 5.53. The van der Waals surface area contributed by atoms with Crippen LogP contribution in [0.4, 0.5) is 0 Å². The third-order valence-electron chi connectivity index (χ3n) is 2.83. The lowest BCUT2D eigenvalue weighted by atomic mass is 10.0. The summed E-state index contributed by atoms with van der Waals surface area (Å²) in [5.41, 5.74) is 3.29. The van der Waals surface area contributed by atoms with Gasteiger partial charge in [0.2, 0.25) is 0 Å². The molecule has 0 aliphatic carbocycles. The molecular weight excluding hydrogens is 230 g/mol. The lowest BCUT2D eigenvalue weighted by molar-refractivity contribution is -0.619. The highest BCUT2D eigenvalue weighted by molar-refractivity contribution is 5.88.